The number of rotatable bonds is 5. The third kappa shape index (κ3) is 3.59. The topological polar surface area (TPSA) is 87.7 Å². The smallest absolute Gasteiger partial charge is 0.314 e. The maximum absolute atomic E-state index is 11.7. The van der Waals surface area contributed by atoms with Crippen LogP contribution in [0.25, 0.3) is 0 Å². The van der Waals surface area contributed by atoms with E-state index < -0.39 is 11.4 Å². The number of nitrogens with one attached hydrogen (secondary N) is 2. The first kappa shape index (κ1) is 14.1. The van der Waals surface area contributed by atoms with E-state index in [0.717, 1.165) is 12.8 Å². The Morgan fingerprint density at radius 1 is 1.11 bits per heavy atom. The van der Waals surface area contributed by atoms with Crippen molar-refractivity contribution in [1.82, 2.24) is 10.6 Å². The third-order valence-electron chi connectivity index (χ3n) is 4.27. The Kier molecular flexibility index (Phi) is 3.99. The van der Waals surface area contributed by atoms with Crippen LogP contribution in [-0.2, 0) is 9.53 Å². The molecule has 1 saturated carbocycles. The van der Waals surface area contributed by atoms with E-state index in [1.54, 1.807) is 0 Å². The zero-order valence-corrected chi connectivity index (χ0v) is 11.3. The van der Waals surface area contributed by atoms with Crippen molar-refractivity contribution in [3.05, 3.63) is 0 Å². The number of hydrogen-bond acceptors (Lipinski definition) is 3. The fourth-order valence-electron chi connectivity index (χ4n) is 2.22. The van der Waals surface area contributed by atoms with Gasteiger partial charge in [0.1, 0.15) is 0 Å². The minimum atomic E-state index is -0.876. The molecular formula is C13H22N2O4. The second-order valence-electron chi connectivity index (χ2n) is 6.04. The van der Waals surface area contributed by atoms with Crippen molar-refractivity contribution in [3.63, 3.8) is 0 Å². The number of carbonyl (C=O) groups excluding carboxylic acids is 1. The average molecular weight is 270 g/mol. The summed E-state index contributed by atoms with van der Waals surface area (Å²) < 4.78 is 5.19. The molecule has 0 radical (unpaired) electrons. The molecule has 19 heavy (non-hydrogen) atoms. The molecule has 0 aromatic heterocycles. The number of carbonyl (C=O) groups is 2. The van der Waals surface area contributed by atoms with Gasteiger partial charge in [-0.1, -0.05) is 6.92 Å². The van der Waals surface area contributed by atoms with E-state index in [1.165, 1.54) is 0 Å². The molecule has 2 fully saturated rings. The van der Waals surface area contributed by atoms with Crippen molar-refractivity contribution in [3.8, 4) is 0 Å². The normalized spacial score (nSPS) is 23.4. The molecule has 1 saturated heterocycles. The van der Waals surface area contributed by atoms with Crippen LogP contribution < -0.4 is 10.6 Å². The van der Waals surface area contributed by atoms with E-state index in [0.29, 0.717) is 32.6 Å². The highest BCUT2D eigenvalue weighted by Gasteiger charge is 2.41. The van der Waals surface area contributed by atoms with Gasteiger partial charge in [-0.2, -0.15) is 0 Å². The molecule has 0 atom stereocenters. The fourth-order valence-corrected chi connectivity index (χ4v) is 2.22. The van der Waals surface area contributed by atoms with Crippen molar-refractivity contribution >= 4 is 12.0 Å². The predicted octanol–water partition coefficient (Wildman–Crippen LogP) is 0.967. The summed E-state index contributed by atoms with van der Waals surface area (Å²) in [5, 5.41) is 14.8. The molecule has 6 heteroatoms. The number of amides is 2. The van der Waals surface area contributed by atoms with Gasteiger partial charge in [0.2, 0.25) is 0 Å². The Morgan fingerprint density at radius 2 is 1.68 bits per heavy atom. The molecule has 0 unspecified atom stereocenters. The maximum atomic E-state index is 11.7. The molecule has 1 heterocycles. The Hall–Kier alpha value is -1.30. The van der Waals surface area contributed by atoms with E-state index >= 15 is 0 Å². The quantitative estimate of drug-likeness (QED) is 0.694. The van der Waals surface area contributed by atoms with Crippen molar-refractivity contribution < 1.29 is 19.4 Å². The van der Waals surface area contributed by atoms with Crippen LogP contribution in [0.3, 0.4) is 0 Å². The summed E-state index contributed by atoms with van der Waals surface area (Å²) in [5.41, 5.74) is -0.625. The predicted molar refractivity (Wildman–Crippen MR) is 68.9 cm³/mol. The van der Waals surface area contributed by atoms with Crippen LogP contribution in [0.1, 0.15) is 32.6 Å². The van der Waals surface area contributed by atoms with Crippen LogP contribution in [0.2, 0.25) is 0 Å². The SMILES string of the molecule is CC1(CNC(=O)NCC2(C(=O)O)CCOCC2)CC1. The van der Waals surface area contributed by atoms with Crippen LogP contribution >= 0.6 is 0 Å². The first-order valence-corrected chi connectivity index (χ1v) is 6.79. The molecule has 0 aromatic carbocycles. The summed E-state index contributed by atoms with van der Waals surface area (Å²) in [4.78, 5) is 23.1. The Balaban J connectivity index is 1.78. The molecule has 1 aliphatic heterocycles. The fraction of sp³-hybridized carbons (Fsp3) is 0.846. The standard InChI is InChI=1S/C13H22N2O4/c1-12(2-3-12)8-14-11(18)15-9-13(10(16)17)4-6-19-7-5-13/h2-9H2,1H3,(H,16,17)(H2,14,15,18). The van der Waals surface area contributed by atoms with Crippen LogP contribution in [0.4, 0.5) is 4.79 Å². The van der Waals surface area contributed by atoms with Crippen molar-refractivity contribution in [2.75, 3.05) is 26.3 Å². The minimum absolute atomic E-state index is 0.161. The lowest BCUT2D eigenvalue weighted by atomic mass is 9.80. The third-order valence-corrected chi connectivity index (χ3v) is 4.27. The number of urea groups is 1. The van der Waals surface area contributed by atoms with Gasteiger partial charge in [-0.3, -0.25) is 4.79 Å². The second kappa shape index (κ2) is 5.36. The van der Waals surface area contributed by atoms with E-state index in [4.69, 9.17) is 4.74 Å². The van der Waals surface area contributed by atoms with E-state index in [2.05, 4.69) is 17.6 Å². The Labute approximate surface area is 112 Å². The minimum Gasteiger partial charge on any atom is -0.481 e. The van der Waals surface area contributed by atoms with Gasteiger partial charge in [-0.15, -0.1) is 0 Å². The zero-order valence-electron chi connectivity index (χ0n) is 11.3. The molecule has 1 aliphatic carbocycles. The highest BCUT2D eigenvalue weighted by atomic mass is 16.5. The van der Waals surface area contributed by atoms with Crippen LogP contribution in [-0.4, -0.2) is 43.4 Å². The summed E-state index contributed by atoms with van der Waals surface area (Å²) in [7, 11) is 0. The molecule has 0 spiro atoms. The molecule has 6 nitrogen and oxygen atoms in total. The summed E-state index contributed by atoms with van der Waals surface area (Å²) >= 11 is 0. The summed E-state index contributed by atoms with van der Waals surface area (Å²) in [5.74, 6) is -0.856. The molecule has 0 bridgehead atoms. The number of hydrogen-bond donors (Lipinski definition) is 3. The molecule has 3 N–H and O–H groups in total. The molecule has 0 aromatic rings. The number of carboxylic acids is 1. The lowest BCUT2D eigenvalue weighted by Gasteiger charge is -2.33. The highest BCUT2D eigenvalue weighted by molar-refractivity contribution is 5.78. The summed E-state index contributed by atoms with van der Waals surface area (Å²) in [6, 6.07) is -0.278. The Morgan fingerprint density at radius 3 is 2.21 bits per heavy atom. The molecular weight excluding hydrogens is 248 g/mol. The lowest BCUT2D eigenvalue weighted by Crippen LogP contribution is -2.49. The van der Waals surface area contributed by atoms with Crippen molar-refractivity contribution in [1.29, 1.82) is 0 Å². The monoisotopic (exact) mass is 270 g/mol. The molecule has 108 valence electrons. The largest absolute Gasteiger partial charge is 0.481 e. The average Bonchev–Trinajstić information content (AvgIpc) is 3.13. The molecule has 2 aliphatic rings. The first-order valence-electron chi connectivity index (χ1n) is 6.79. The van der Waals surface area contributed by atoms with E-state index in [-0.39, 0.29) is 18.0 Å². The maximum Gasteiger partial charge on any atom is 0.314 e. The van der Waals surface area contributed by atoms with Gasteiger partial charge in [0, 0.05) is 26.3 Å². The Bertz CT molecular complexity index is 360. The second-order valence-corrected chi connectivity index (χ2v) is 6.04. The number of carboxylic acid groups (broad SMARTS) is 1. The van der Waals surface area contributed by atoms with Crippen LogP contribution in [0, 0.1) is 10.8 Å². The molecule has 2 rings (SSSR count). The number of aliphatic carboxylic acids is 1. The zero-order chi connectivity index (χ0) is 13.9. The van der Waals surface area contributed by atoms with Gasteiger partial charge in [0.25, 0.3) is 0 Å². The van der Waals surface area contributed by atoms with Crippen molar-refractivity contribution in [2.24, 2.45) is 10.8 Å². The van der Waals surface area contributed by atoms with Crippen molar-refractivity contribution in [2.45, 2.75) is 32.6 Å². The van der Waals surface area contributed by atoms with Gasteiger partial charge < -0.3 is 20.5 Å². The van der Waals surface area contributed by atoms with E-state index in [1.807, 2.05) is 0 Å². The van der Waals surface area contributed by atoms with Gasteiger partial charge in [-0.25, -0.2) is 4.79 Å². The van der Waals surface area contributed by atoms with E-state index in [9.17, 15) is 14.7 Å². The van der Waals surface area contributed by atoms with Gasteiger partial charge in [-0.05, 0) is 31.1 Å². The highest BCUT2D eigenvalue weighted by Crippen LogP contribution is 2.43. The van der Waals surface area contributed by atoms with Crippen LogP contribution in [0.15, 0.2) is 0 Å². The van der Waals surface area contributed by atoms with Gasteiger partial charge >= 0.3 is 12.0 Å². The van der Waals surface area contributed by atoms with Crippen LogP contribution in [0.5, 0.6) is 0 Å². The molecule has 2 amide bonds. The first-order chi connectivity index (χ1) is 8.96. The lowest BCUT2D eigenvalue weighted by molar-refractivity contribution is -0.154. The number of ether oxygens (including phenoxy) is 1. The summed E-state index contributed by atoms with van der Waals surface area (Å²) in [6.07, 6.45) is 3.17. The van der Waals surface area contributed by atoms with Gasteiger partial charge in [0.15, 0.2) is 0 Å². The van der Waals surface area contributed by atoms with Gasteiger partial charge in [0.05, 0.1) is 5.41 Å². The summed E-state index contributed by atoms with van der Waals surface area (Å²) in [6.45, 7) is 3.82.